The number of hydrogen-bond acceptors (Lipinski definition) is 7. The van der Waals surface area contributed by atoms with Gasteiger partial charge in [-0.15, -0.1) is 5.10 Å². The van der Waals surface area contributed by atoms with Crippen LogP contribution in [0.2, 0.25) is 0 Å². The average molecular weight is 489 g/mol. The van der Waals surface area contributed by atoms with E-state index in [2.05, 4.69) is 44.5 Å². The van der Waals surface area contributed by atoms with E-state index in [-0.39, 0.29) is 18.1 Å². The maximum Gasteiger partial charge on any atom is 0.327 e. The fourth-order valence-corrected chi connectivity index (χ4v) is 4.43. The molecule has 2 aromatic carbocycles. The van der Waals surface area contributed by atoms with E-state index in [1.807, 2.05) is 49.4 Å². The number of aromatic nitrogens is 5. The van der Waals surface area contributed by atoms with E-state index >= 15 is 0 Å². The highest BCUT2D eigenvalue weighted by molar-refractivity contribution is 5.79. The van der Waals surface area contributed by atoms with Gasteiger partial charge in [0.2, 0.25) is 0 Å². The Balaban J connectivity index is 1.73. The standard InChI is InChI=1S/C27H32N6O3/c1-4-9-24(26-29-30-31-33(26)18-25(34)36-5-2)32(16-20-10-7-6-8-11-20)17-22-15-21-13-12-19(3)14-23(21)28-27(22)35/h6-8,10-15,24H,4-5,9,16-18H2,1-3H3,(H,28,35). The maximum absolute atomic E-state index is 13.1. The van der Waals surface area contributed by atoms with Crippen molar-refractivity contribution in [1.82, 2.24) is 30.1 Å². The average Bonchev–Trinajstić information content (AvgIpc) is 3.31. The molecule has 4 aromatic rings. The first kappa shape index (κ1) is 25.2. The summed E-state index contributed by atoms with van der Waals surface area (Å²) in [5.41, 5.74) is 3.56. The van der Waals surface area contributed by atoms with E-state index in [0.717, 1.165) is 34.9 Å². The lowest BCUT2D eigenvalue weighted by atomic mass is 10.0. The van der Waals surface area contributed by atoms with Gasteiger partial charge in [-0.05, 0) is 59.3 Å². The van der Waals surface area contributed by atoms with Gasteiger partial charge >= 0.3 is 5.97 Å². The van der Waals surface area contributed by atoms with Crippen LogP contribution in [-0.4, -0.2) is 42.7 Å². The van der Waals surface area contributed by atoms with Gasteiger partial charge in [-0.2, -0.15) is 0 Å². The van der Waals surface area contributed by atoms with Crippen LogP contribution in [-0.2, 0) is 29.2 Å². The maximum atomic E-state index is 13.1. The molecule has 0 bridgehead atoms. The number of hydrogen-bond donors (Lipinski definition) is 1. The Kier molecular flexibility index (Phi) is 8.22. The van der Waals surface area contributed by atoms with Crippen molar-refractivity contribution in [3.8, 4) is 0 Å². The SMILES string of the molecule is CCCC(c1nnnn1CC(=O)OCC)N(Cc1ccccc1)Cc1cc2ccc(C)cc2[nH]c1=O. The Bertz CT molecular complexity index is 1360. The molecule has 9 nitrogen and oxygen atoms in total. The molecule has 0 saturated heterocycles. The third kappa shape index (κ3) is 6.04. The largest absolute Gasteiger partial charge is 0.465 e. The van der Waals surface area contributed by atoms with Crippen LogP contribution in [0.3, 0.4) is 0 Å². The van der Waals surface area contributed by atoms with Gasteiger partial charge in [-0.25, -0.2) is 4.68 Å². The zero-order valence-corrected chi connectivity index (χ0v) is 21.0. The van der Waals surface area contributed by atoms with Crippen molar-refractivity contribution in [3.05, 3.63) is 87.5 Å². The number of aryl methyl sites for hydroxylation is 1. The van der Waals surface area contributed by atoms with Crippen LogP contribution in [0.5, 0.6) is 0 Å². The highest BCUT2D eigenvalue weighted by Crippen LogP contribution is 2.28. The number of fused-ring (bicyclic) bond motifs is 1. The lowest BCUT2D eigenvalue weighted by molar-refractivity contribution is -0.144. The van der Waals surface area contributed by atoms with E-state index in [0.29, 0.717) is 31.1 Å². The van der Waals surface area contributed by atoms with Gasteiger partial charge in [0.05, 0.1) is 12.6 Å². The van der Waals surface area contributed by atoms with Gasteiger partial charge in [0.25, 0.3) is 5.56 Å². The van der Waals surface area contributed by atoms with Crippen LogP contribution >= 0.6 is 0 Å². The van der Waals surface area contributed by atoms with Crippen molar-refractivity contribution in [3.63, 3.8) is 0 Å². The van der Waals surface area contributed by atoms with Crippen molar-refractivity contribution in [2.45, 2.75) is 59.3 Å². The topological polar surface area (TPSA) is 106 Å². The highest BCUT2D eigenvalue weighted by atomic mass is 16.5. The Hall–Kier alpha value is -3.85. The first-order chi connectivity index (χ1) is 17.5. The third-order valence-electron chi connectivity index (χ3n) is 6.13. The Morgan fingerprint density at radius 3 is 2.67 bits per heavy atom. The first-order valence-corrected chi connectivity index (χ1v) is 12.3. The normalized spacial score (nSPS) is 12.2. The molecule has 1 N–H and O–H groups in total. The van der Waals surface area contributed by atoms with Crippen LogP contribution in [0, 0.1) is 6.92 Å². The van der Waals surface area contributed by atoms with Crippen LogP contribution in [0.1, 0.15) is 55.2 Å². The summed E-state index contributed by atoms with van der Waals surface area (Å²) in [5.74, 6) is 0.186. The second kappa shape index (κ2) is 11.7. The number of tetrazole rings is 1. The number of benzene rings is 2. The Labute approximate surface area is 210 Å². The van der Waals surface area contributed by atoms with Gasteiger partial charge in [0, 0.05) is 24.2 Å². The number of carbonyl (C=O) groups is 1. The molecule has 0 fully saturated rings. The number of pyridine rings is 1. The highest BCUT2D eigenvalue weighted by Gasteiger charge is 2.27. The molecule has 2 aromatic heterocycles. The number of esters is 1. The Morgan fingerprint density at radius 2 is 1.92 bits per heavy atom. The van der Waals surface area contributed by atoms with Crippen LogP contribution in [0.25, 0.3) is 10.9 Å². The van der Waals surface area contributed by atoms with Gasteiger partial charge in [0.1, 0.15) is 6.54 Å². The summed E-state index contributed by atoms with van der Waals surface area (Å²) in [7, 11) is 0. The fourth-order valence-electron chi connectivity index (χ4n) is 4.43. The summed E-state index contributed by atoms with van der Waals surface area (Å²) in [5, 5.41) is 13.2. The number of nitrogens with one attached hydrogen (secondary N) is 1. The number of rotatable bonds is 11. The zero-order chi connectivity index (χ0) is 25.5. The number of carbonyl (C=O) groups excluding carboxylic acids is 1. The molecule has 188 valence electrons. The van der Waals surface area contributed by atoms with Crippen LogP contribution in [0.4, 0.5) is 0 Å². The lowest BCUT2D eigenvalue weighted by Gasteiger charge is -2.31. The van der Waals surface area contributed by atoms with Crippen molar-refractivity contribution >= 4 is 16.9 Å². The van der Waals surface area contributed by atoms with Crippen molar-refractivity contribution < 1.29 is 9.53 Å². The zero-order valence-electron chi connectivity index (χ0n) is 21.0. The van der Waals surface area contributed by atoms with E-state index in [9.17, 15) is 9.59 Å². The number of H-pyrrole nitrogens is 1. The molecule has 36 heavy (non-hydrogen) atoms. The molecular formula is C27H32N6O3. The van der Waals surface area contributed by atoms with Crippen LogP contribution < -0.4 is 5.56 Å². The monoisotopic (exact) mass is 488 g/mol. The fraction of sp³-hybridized carbons (Fsp3) is 0.370. The molecular weight excluding hydrogens is 456 g/mol. The number of aromatic amines is 1. The van der Waals surface area contributed by atoms with E-state index < -0.39 is 5.97 Å². The summed E-state index contributed by atoms with van der Waals surface area (Å²) in [6.45, 7) is 7.07. The van der Waals surface area contributed by atoms with Gasteiger partial charge < -0.3 is 9.72 Å². The minimum absolute atomic E-state index is 0.0640. The summed E-state index contributed by atoms with van der Waals surface area (Å²) >= 11 is 0. The molecule has 2 heterocycles. The number of ether oxygens (including phenoxy) is 1. The smallest absolute Gasteiger partial charge is 0.327 e. The molecule has 9 heteroatoms. The second-order valence-corrected chi connectivity index (χ2v) is 8.91. The Morgan fingerprint density at radius 1 is 1.11 bits per heavy atom. The molecule has 0 radical (unpaired) electrons. The van der Waals surface area contributed by atoms with Crippen molar-refractivity contribution in [1.29, 1.82) is 0 Å². The lowest BCUT2D eigenvalue weighted by Crippen LogP contribution is -2.33. The second-order valence-electron chi connectivity index (χ2n) is 8.91. The minimum Gasteiger partial charge on any atom is -0.465 e. The van der Waals surface area contributed by atoms with E-state index in [1.54, 1.807) is 6.92 Å². The molecule has 1 atom stereocenters. The van der Waals surface area contributed by atoms with Crippen LogP contribution in [0.15, 0.2) is 59.4 Å². The quantitative estimate of drug-likeness (QED) is 0.319. The summed E-state index contributed by atoms with van der Waals surface area (Å²) < 4.78 is 6.62. The van der Waals surface area contributed by atoms with Gasteiger partial charge in [-0.3, -0.25) is 14.5 Å². The predicted octanol–water partition coefficient (Wildman–Crippen LogP) is 3.93. The minimum atomic E-state index is -0.392. The number of nitrogens with zero attached hydrogens (tertiary/aromatic N) is 5. The summed E-state index contributed by atoms with van der Waals surface area (Å²) in [6, 6.07) is 17.9. The van der Waals surface area contributed by atoms with Gasteiger partial charge in [-0.1, -0.05) is 55.8 Å². The first-order valence-electron chi connectivity index (χ1n) is 12.3. The molecule has 0 aliphatic rings. The van der Waals surface area contributed by atoms with Gasteiger partial charge in [0.15, 0.2) is 5.82 Å². The molecule has 0 aliphatic carbocycles. The van der Waals surface area contributed by atoms with Crippen molar-refractivity contribution in [2.75, 3.05) is 6.61 Å². The predicted molar refractivity (Wildman–Crippen MR) is 137 cm³/mol. The van der Waals surface area contributed by atoms with E-state index in [4.69, 9.17) is 4.74 Å². The van der Waals surface area contributed by atoms with E-state index in [1.165, 1.54) is 4.68 Å². The summed E-state index contributed by atoms with van der Waals surface area (Å²) in [4.78, 5) is 30.5. The molecule has 0 amide bonds. The van der Waals surface area contributed by atoms with Crippen molar-refractivity contribution in [2.24, 2.45) is 0 Å². The molecule has 0 saturated carbocycles. The molecule has 0 aliphatic heterocycles. The summed E-state index contributed by atoms with van der Waals surface area (Å²) in [6.07, 6.45) is 1.62. The molecule has 4 rings (SSSR count). The molecule has 0 spiro atoms. The third-order valence-corrected chi connectivity index (χ3v) is 6.13. The molecule has 1 unspecified atom stereocenters.